The Kier molecular flexibility index (Phi) is 11.9. The number of nitrogens with two attached hydrogens (primary N) is 1. The van der Waals surface area contributed by atoms with Gasteiger partial charge in [0, 0.05) is 23.3 Å². The van der Waals surface area contributed by atoms with Gasteiger partial charge in [-0.3, -0.25) is 14.4 Å². The van der Waals surface area contributed by atoms with Crippen LogP contribution in [0.3, 0.4) is 0 Å². The minimum atomic E-state index is -1.19. The van der Waals surface area contributed by atoms with E-state index in [1.54, 1.807) is 0 Å². The largest absolute Gasteiger partial charge is 0.480 e. The first-order valence-electron chi connectivity index (χ1n) is 13.2. The van der Waals surface area contributed by atoms with Crippen LogP contribution in [0, 0.1) is 3.57 Å². The van der Waals surface area contributed by atoms with Crippen LogP contribution in [0.2, 0.25) is 0 Å². The van der Waals surface area contributed by atoms with Gasteiger partial charge in [-0.1, -0.05) is 54.6 Å². The molecule has 0 bridgehead atoms. The molecule has 3 rings (SSSR count). The first kappa shape index (κ1) is 31.0. The molecule has 0 saturated heterocycles. The topological polar surface area (TPSA) is 151 Å². The Labute approximate surface area is 247 Å². The van der Waals surface area contributed by atoms with Crippen molar-refractivity contribution in [3.63, 3.8) is 0 Å². The molecule has 0 saturated carbocycles. The molecule has 0 aromatic heterocycles. The van der Waals surface area contributed by atoms with Crippen LogP contribution in [0.15, 0.2) is 66.7 Å². The van der Waals surface area contributed by atoms with E-state index in [1.165, 1.54) is 6.92 Å². The maximum absolute atomic E-state index is 13.3. The number of carboxylic acids is 1. The van der Waals surface area contributed by atoms with E-state index >= 15 is 0 Å². The van der Waals surface area contributed by atoms with E-state index in [-0.39, 0.29) is 25.2 Å². The lowest BCUT2D eigenvalue weighted by atomic mass is 10.0. The molecule has 10 heteroatoms. The van der Waals surface area contributed by atoms with Crippen LogP contribution in [0.4, 0.5) is 0 Å². The van der Waals surface area contributed by atoms with Crippen molar-refractivity contribution in [2.45, 2.75) is 57.2 Å². The quantitative estimate of drug-likeness (QED) is 0.133. The second-order valence-corrected chi connectivity index (χ2v) is 11.0. The Morgan fingerprint density at radius 1 is 0.775 bits per heavy atom. The second-order valence-electron chi connectivity index (χ2n) is 9.71. The summed E-state index contributed by atoms with van der Waals surface area (Å²) in [5.41, 5.74) is 7.23. The van der Waals surface area contributed by atoms with Gasteiger partial charge in [0.2, 0.25) is 17.7 Å². The van der Waals surface area contributed by atoms with Crippen LogP contribution in [-0.2, 0) is 32.0 Å². The molecule has 40 heavy (non-hydrogen) atoms. The number of benzene rings is 3. The molecule has 212 valence electrons. The average Bonchev–Trinajstić information content (AvgIpc) is 2.92. The number of amides is 3. The van der Waals surface area contributed by atoms with E-state index in [0.717, 1.165) is 25.5 Å². The molecule has 3 amide bonds. The molecule has 3 aromatic carbocycles. The molecule has 0 aliphatic heterocycles. The van der Waals surface area contributed by atoms with Crippen LogP contribution >= 0.6 is 22.6 Å². The molecule has 6 N–H and O–H groups in total. The monoisotopic (exact) mass is 658 g/mol. The van der Waals surface area contributed by atoms with Gasteiger partial charge in [0.1, 0.15) is 18.1 Å². The van der Waals surface area contributed by atoms with Gasteiger partial charge in [-0.05, 0) is 82.4 Å². The van der Waals surface area contributed by atoms with Crippen molar-refractivity contribution in [1.29, 1.82) is 0 Å². The highest BCUT2D eigenvalue weighted by Gasteiger charge is 2.29. The van der Waals surface area contributed by atoms with Crippen molar-refractivity contribution in [2.24, 2.45) is 5.73 Å². The minimum Gasteiger partial charge on any atom is -0.480 e. The van der Waals surface area contributed by atoms with E-state index in [1.807, 2.05) is 66.7 Å². The highest BCUT2D eigenvalue weighted by molar-refractivity contribution is 14.1. The zero-order valence-electron chi connectivity index (χ0n) is 22.4. The third kappa shape index (κ3) is 9.60. The van der Waals surface area contributed by atoms with Crippen LogP contribution in [0.1, 0.15) is 37.3 Å². The Morgan fingerprint density at radius 2 is 1.38 bits per heavy atom. The van der Waals surface area contributed by atoms with Gasteiger partial charge in [0.05, 0.1) is 0 Å². The molecule has 3 atom stereocenters. The van der Waals surface area contributed by atoms with Crippen molar-refractivity contribution in [3.05, 3.63) is 81.4 Å². The lowest BCUT2D eigenvalue weighted by Gasteiger charge is -2.24. The van der Waals surface area contributed by atoms with Gasteiger partial charge in [0.15, 0.2) is 0 Å². The van der Waals surface area contributed by atoms with Gasteiger partial charge in [-0.15, -0.1) is 0 Å². The molecule has 0 fully saturated rings. The smallest absolute Gasteiger partial charge is 0.326 e. The molecule has 0 radical (unpaired) electrons. The van der Waals surface area contributed by atoms with Gasteiger partial charge in [-0.25, -0.2) is 4.79 Å². The standard InChI is InChI=1S/C30H35IN4O5/c1-19(36)33-26(17-20-10-13-24(31)14-11-20)29(38)34-25(8-4-5-15-32)28(37)35-27(30(39)40)18-21-9-12-22-6-2-3-7-23(22)16-21/h2-3,6-7,9-14,16,25-27H,4-5,8,15,17-18,32H2,1H3,(H,33,36)(H,34,38)(H,35,37)(H,39,40)/t25-,26-,27+/m1/s1. The number of rotatable bonds is 14. The number of nitrogens with one attached hydrogen (secondary N) is 3. The lowest BCUT2D eigenvalue weighted by Crippen LogP contribution is -2.56. The lowest BCUT2D eigenvalue weighted by molar-refractivity contribution is -0.142. The number of fused-ring (bicyclic) bond motifs is 1. The first-order chi connectivity index (χ1) is 19.2. The van der Waals surface area contributed by atoms with Crippen LogP contribution in [-0.4, -0.2) is 53.5 Å². The van der Waals surface area contributed by atoms with E-state index in [0.29, 0.717) is 19.4 Å². The summed E-state index contributed by atoms with van der Waals surface area (Å²) in [7, 11) is 0. The molecular weight excluding hydrogens is 623 g/mol. The number of carboxylic acid groups (broad SMARTS) is 1. The molecule has 9 nitrogen and oxygen atoms in total. The fourth-order valence-corrected chi connectivity index (χ4v) is 4.78. The van der Waals surface area contributed by atoms with Gasteiger partial charge >= 0.3 is 5.97 Å². The van der Waals surface area contributed by atoms with Gasteiger partial charge in [0.25, 0.3) is 0 Å². The van der Waals surface area contributed by atoms with Crippen LogP contribution < -0.4 is 21.7 Å². The predicted octanol–water partition coefficient (Wildman–Crippen LogP) is 2.92. The summed E-state index contributed by atoms with van der Waals surface area (Å²) in [5.74, 6) is -2.68. The summed E-state index contributed by atoms with van der Waals surface area (Å²) in [6, 6.07) is 17.9. The number of hydrogen-bond donors (Lipinski definition) is 5. The third-order valence-corrected chi connectivity index (χ3v) is 7.21. The van der Waals surface area contributed by atoms with Crippen LogP contribution in [0.25, 0.3) is 10.8 Å². The summed E-state index contributed by atoms with van der Waals surface area (Å²) in [6.07, 6.45) is 1.78. The molecule has 3 aromatic rings. The summed E-state index contributed by atoms with van der Waals surface area (Å²) >= 11 is 2.18. The van der Waals surface area contributed by atoms with Crippen molar-refractivity contribution < 1.29 is 24.3 Å². The Balaban J connectivity index is 1.74. The number of halogens is 1. The number of carbonyl (C=O) groups excluding carboxylic acids is 3. The predicted molar refractivity (Wildman–Crippen MR) is 163 cm³/mol. The van der Waals surface area contributed by atoms with E-state index in [9.17, 15) is 24.3 Å². The molecule has 0 aliphatic carbocycles. The zero-order valence-corrected chi connectivity index (χ0v) is 24.5. The molecular formula is C30H35IN4O5. The fourth-order valence-electron chi connectivity index (χ4n) is 4.42. The molecule has 0 heterocycles. The Hall–Kier alpha value is -3.51. The van der Waals surface area contributed by atoms with E-state index in [4.69, 9.17) is 5.73 Å². The Bertz CT molecular complexity index is 1330. The van der Waals surface area contributed by atoms with Crippen molar-refractivity contribution in [2.75, 3.05) is 6.54 Å². The average molecular weight is 659 g/mol. The van der Waals surface area contributed by atoms with Gasteiger partial charge in [-0.2, -0.15) is 0 Å². The van der Waals surface area contributed by atoms with E-state index < -0.39 is 35.9 Å². The molecule has 0 unspecified atom stereocenters. The maximum atomic E-state index is 13.3. The van der Waals surface area contributed by atoms with Crippen molar-refractivity contribution >= 4 is 57.1 Å². The van der Waals surface area contributed by atoms with Crippen molar-refractivity contribution in [1.82, 2.24) is 16.0 Å². The Morgan fingerprint density at radius 3 is 2.02 bits per heavy atom. The second kappa shape index (κ2) is 15.3. The minimum absolute atomic E-state index is 0.0801. The first-order valence-corrected chi connectivity index (χ1v) is 14.3. The summed E-state index contributed by atoms with van der Waals surface area (Å²) in [4.78, 5) is 50.6. The number of carbonyl (C=O) groups is 4. The van der Waals surface area contributed by atoms with Crippen LogP contribution in [0.5, 0.6) is 0 Å². The number of hydrogen-bond acceptors (Lipinski definition) is 5. The maximum Gasteiger partial charge on any atom is 0.326 e. The normalized spacial score (nSPS) is 13.2. The number of aliphatic carboxylic acids is 1. The zero-order chi connectivity index (χ0) is 29.1. The highest BCUT2D eigenvalue weighted by Crippen LogP contribution is 2.17. The number of unbranched alkanes of at least 4 members (excludes halogenated alkanes) is 1. The van der Waals surface area contributed by atoms with Gasteiger partial charge < -0.3 is 26.8 Å². The summed E-state index contributed by atoms with van der Waals surface area (Å²) < 4.78 is 1.04. The third-order valence-electron chi connectivity index (χ3n) is 6.50. The van der Waals surface area contributed by atoms with Crippen molar-refractivity contribution in [3.8, 4) is 0 Å². The van der Waals surface area contributed by atoms with E-state index in [2.05, 4.69) is 38.5 Å². The summed E-state index contributed by atoms with van der Waals surface area (Å²) in [5, 5.41) is 19.9. The highest BCUT2D eigenvalue weighted by atomic mass is 127. The molecule has 0 aliphatic rings. The molecule has 0 spiro atoms. The summed E-state index contributed by atoms with van der Waals surface area (Å²) in [6.45, 7) is 1.74. The SMILES string of the molecule is CC(=O)N[C@H](Cc1ccc(I)cc1)C(=O)N[C@H](CCCCN)C(=O)N[C@@H](Cc1ccc2ccccc2c1)C(=O)O. The fraction of sp³-hybridized carbons (Fsp3) is 0.333.